The molecule has 1 fully saturated rings. The van der Waals surface area contributed by atoms with Crippen molar-refractivity contribution in [3.8, 4) is 0 Å². The second-order valence-electron chi connectivity index (χ2n) is 6.16. The van der Waals surface area contributed by atoms with Crippen LogP contribution >= 0.6 is 0 Å². The number of hydrogen-bond donors (Lipinski definition) is 1. The fourth-order valence-corrected chi connectivity index (χ4v) is 3.11. The van der Waals surface area contributed by atoms with E-state index in [1.54, 1.807) is 17.0 Å². The summed E-state index contributed by atoms with van der Waals surface area (Å²) in [5, 5.41) is 9.87. The van der Waals surface area contributed by atoms with Gasteiger partial charge >= 0.3 is 6.09 Å². The number of amides is 1. The molecule has 0 bridgehead atoms. The second kappa shape index (κ2) is 7.01. The van der Waals surface area contributed by atoms with Gasteiger partial charge < -0.3 is 14.7 Å². The van der Waals surface area contributed by atoms with Gasteiger partial charge in [0.1, 0.15) is 12.4 Å². The van der Waals surface area contributed by atoms with E-state index in [1.165, 1.54) is 12.1 Å². The lowest BCUT2D eigenvalue weighted by molar-refractivity contribution is 0.0994. The summed E-state index contributed by atoms with van der Waals surface area (Å²) in [6.45, 7) is 0.868. The molecule has 1 aliphatic heterocycles. The molecule has 0 aliphatic carbocycles. The summed E-state index contributed by atoms with van der Waals surface area (Å²) in [5.74, 6) is -0.342. The van der Waals surface area contributed by atoms with Crippen molar-refractivity contribution in [1.82, 2.24) is 4.90 Å². The van der Waals surface area contributed by atoms with Gasteiger partial charge in [-0.05, 0) is 29.7 Å². The molecule has 0 saturated carbocycles. The normalized spacial score (nSPS) is 20.2. The predicted octanol–water partition coefficient (Wildman–Crippen LogP) is 3.10. The Kier molecular flexibility index (Phi) is 4.81. The van der Waals surface area contributed by atoms with Gasteiger partial charge in [0.25, 0.3) is 0 Å². The minimum Gasteiger partial charge on any atom is -0.445 e. The summed E-state index contributed by atoms with van der Waals surface area (Å²) in [7, 11) is 0. The number of nitrogens with zero attached hydrogens (tertiary/aromatic N) is 1. The third-order valence-electron chi connectivity index (χ3n) is 4.56. The number of aliphatic hydroxyl groups excluding tert-OH is 1. The molecule has 5 heteroatoms. The van der Waals surface area contributed by atoms with Gasteiger partial charge in [-0.1, -0.05) is 42.5 Å². The molecule has 3 rings (SSSR count). The first-order valence-corrected chi connectivity index (χ1v) is 7.95. The summed E-state index contributed by atoms with van der Waals surface area (Å²) in [5.41, 5.74) is 1.00. The molecule has 2 aromatic rings. The van der Waals surface area contributed by atoms with Crippen molar-refractivity contribution in [2.45, 2.75) is 18.4 Å². The number of carbonyl (C=O) groups is 1. The molecule has 2 aromatic carbocycles. The Bertz CT molecular complexity index is 707. The molecule has 1 unspecified atom stereocenters. The average molecular weight is 329 g/mol. The second-order valence-corrected chi connectivity index (χ2v) is 6.16. The van der Waals surface area contributed by atoms with E-state index in [1.807, 2.05) is 30.3 Å². The van der Waals surface area contributed by atoms with E-state index >= 15 is 0 Å². The van der Waals surface area contributed by atoms with Crippen molar-refractivity contribution in [2.24, 2.45) is 0 Å². The van der Waals surface area contributed by atoms with Gasteiger partial charge in [0, 0.05) is 18.5 Å². The highest BCUT2D eigenvalue weighted by Gasteiger charge is 2.41. The number of likely N-dealkylation sites (tertiary alicyclic amines) is 1. The SMILES string of the molecule is O=C(OCc1ccccc1)N1CCC(CO)(c2cccc(F)c2)C1. The zero-order valence-corrected chi connectivity index (χ0v) is 13.3. The van der Waals surface area contributed by atoms with Crippen LogP contribution in [0.1, 0.15) is 17.5 Å². The molecule has 1 aliphatic rings. The molecule has 0 aromatic heterocycles. The highest BCUT2D eigenvalue weighted by molar-refractivity contribution is 5.68. The molecule has 1 N–H and O–H groups in total. The summed E-state index contributed by atoms with van der Waals surface area (Å²) < 4.78 is 18.8. The number of halogens is 1. The largest absolute Gasteiger partial charge is 0.445 e. The monoisotopic (exact) mass is 329 g/mol. The van der Waals surface area contributed by atoms with Crippen LogP contribution in [0.3, 0.4) is 0 Å². The van der Waals surface area contributed by atoms with Crippen molar-refractivity contribution in [2.75, 3.05) is 19.7 Å². The molecule has 1 amide bonds. The Morgan fingerprint density at radius 1 is 1.21 bits per heavy atom. The van der Waals surface area contributed by atoms with Gasteiger partial charge in [0.05, 0.1) is 6.61 Å². The van der Waals surface area contributed by atoms with E-state index in [0.717, 1.165) is 5.56 Å². The fraction of sp³-hybridized carbons (Fsp3) is 0.316. The van der Waals surface area contributed by atoms with Gasteiger partial charge in [-0.3, -0.25) is 0 Å². The standard InChI is InChI=1S/C19H20FNO3/c20-17-8-4-7-16(11-17)19(14-22)9-10-21(13-19)18(23)24-12-15-5-2-1-3-6-15/h1-8,11,22H,9-10,12-14H2. The maximum absolute atomic E-state index is 13.5. The molecule has 4 nitrogen and oxygen atoms in total. The van der Waals surface area contributed by atoms with Crippen LogP contribution in [-0.2, 0) is 16.8 Å². The van der Waals surface area contributed by atoms with Gasteiger partial charge in [0.15, 0.2) is 0 Å². The molecular formula is C19H20FNO3. The maximum Gasteiger partial charge on any atom is 0.410 e. The van der Waals surface area contributed by atoms with Gasteiger partial charge in [-0.2, -0.15) is 0 Å². The minimum atomic E-state index is -0.631. The van der Waals surface area contributed by atoms with E-state index < -0.39 is 11.5 Å². The highest BCUT2D eigenvalue weighted by Crippen LogP contribution is 2.34. The van der Waals surface area contributed by atoms with E-state index in [0.29, 0.717) is 25.1 Å². The van der Waals surface area contributed by atoms with Crippen LogP contribution in [-0.4, -0.2) is 35.8 Å². The molecule has 0 spiro atoms. The van der Waals surface area contributed by atoms with Crippen LogP contribution in [0.15, 0.2) is 54.6 Å². The predicted molar refractivity (Wildman–Crippen MR) is 88.0 cm³/mol. The zero-order chi connectivity index (χ0) is 17.0. The number of carbonyl (C=O) groups excluding carboxylic acids is 1. The Morgan fingerprint density at radius 3 is 2.71 bits per heavy atom. The number of ether oxygens (including phenoxy) is 1. The lowest BCUT2D eigenvalue weighted by atomic mass is 9.80. The molecule has 0 radical (unpaired) electrons. The minimum absolute atomic E-state index is 0.140. The average Bonchev–Trinajstić information content (AvgIpc) is 3.07. The smallest absolute Gasteiger partial charge is 0.410 e. The van der Waals surface area contributed by atoms with Crippen molar-refractivity contribution in [1.29, 1.82) is 0 Å². The quantitative estimate of drug-likeness (QED) is 0.938. The molecule has 24 heavy (non-hydrogen) atoms. The first-order valence-electron chi connectivity index (χ1n) is 7.95. The number of aliphatic hydroxyl groups is 1. The van der Waals surface area contributed by atoms with Crippen LogP contribution in [0.25, 0.3) is 0 Å². The summed E-state index contributed by atoms with van der Waals surface area (Å²) >= 11 is 0. The van der Waals surface area contributed by atoms with Gasteiger partial charge in [-0.15, -0.1) is 0 Å². The summed E-state index contributed by atoms with van der Waals surface area (Å²) in [4.78, 5) is 13.8. The van der Waals surface area contributed by atoms with E-state index in [9.17, 15) is 14.3 Å². The van der Waals surface area contributed by atoms with E-state index in [-0.39, 0.29) is 19.0 Å². The lowest BCUT2D eigenvalue weighted by Gasteiger charge is -2.27. The molecule has 1 saturated heterocycles. The van der Waals surface area contributed by atoms with Crippen LogP contribution in [0, 0.1) is 5.82 Å². The van der Waals surface area contributed by atoms with Gasteiger partial charge in [0.2, 0.25) is 0 Å². The van der Waals surface area contributed by atoms with E-state index in [2.05, 4.69) is 0 Å². The Labute approximate surface area is 140 Å². The topological polar surface area (TPSA) is 49.8 Å². The maximum atomic E-state index is 13.5. The van der Waals surface area contributed by atoms with Crippen molar-refractivity contribution >= 4 is 6.09 Å². The Hall–Kier alpha value is -2.40. The first kappa shape index (κ1) is 16.5. The zero-order valence-electron chi connectivity index (χ0n) is 13.3. The Morgan fingerprint density at radius 2 is 2.00 bits per heavy atom. The van der Waals surface area contributed by atoms with Crippen LogP contribution in [0.5, 0.6) is 0 Å². The molecule has 1 atom stereocenters. The molecular weight excluding hydrogens is 309 g/mol. The van der Waals surface area contributed by atoms with E-state index in [4.69, 9.17) is 4.74 Å². The third kappa shape index (κ3) is 3.41. The molecule has 126 valence electrons. The lowest BCUT2D eigenvalue weighted by Crippen LogP contribution is -2.37. The van der Waals surface area contributed by atoms with Gasteiger partial charge in [-0.25, -0.2) is 9.18 Å². The number of hydrogen-bond acceptors (Lipinski definition) is 3. The number of rotatable bonds is 4. The third-order valence-corrected chi connectivity index (χ3v) is 4.56. The van der Waals surface area contributed by atoms with Crippen LogP contribution in [0.4, 0.5) is 9.18 Å². The summed E-state index contributed by atoms with van der Waals surface area (Å²) in [6, 6.07) is 15.7. The highest BCUT2D eigenvalue weighted by atomic mass is 19.1. The Balaban J connectivity index is 1.66. The van der Waals surface area contributed by atoms with Crippen molar-refractivity contribution in [3.63, 3.8) is 0 Å². The van der Waals surface area contributed by atoms with Crippen molar-refractivity contribution < 1.29 is 19.0 Å². The molecule has 1 heterocycles. The number of benzene rings is 2. The van der Waals surface area contributed by atoms with Crippen LogP contribution in [0.2, 0.25) is 0 Å². The summed E-state index contributed by atoms with van der Waals surface area (Å²) in [6.07, 6.45) is 0.165. The fourth-order valence-electron chi connectivity index (χ4n) is 3.11. The first-order chi connectivity index (χ1) is 11.6. The van der Waals surface area contributed by atoms with Crippen LogP contribution < -0.4 is 0 Å². The van der Waals surface area contributed by atoms with Crippen molar-refractivity contribution in [3.05, 3.63) is 71.5 Å².